The van der Waals surface area contributed by atoms with Crippen molar-refractivity contribution in [1.29, 1.82) is 0 Å². The van der Waals surface area contributed by atoms with E-state index in [0.717, 1.165) is 0 Å². The van der Waals surface area contributed by atoms with Crippen LogP contribution in [0.4, 0.5) is 0 Å². The first-order valence-electron chi connectivity index (χ1n) is 2.22. The number of hydrogen-bond acceptors (Lipinski definition) is 5. The molecule has 0 bridgehead atoms. The molecule has 0 heterocycles. The van der Waals surface area contributed by atoms with E-state index in [4.69, 9.17) is 9.11 Å². The highest BCUT2D eigenvalue weighted by Crippen LogP contribution is 2.05. The molecule has 0 radical (unpaired) electrons. The lowest BCUT2D eigenvalue weighted by Gasteiger charge is -2.02. The molecule has 0 rings (SSSR count). The van der Waals surface area contributed by atoms with E-state index in [-0.39, 0.29) is 0 Å². The Balaban J connectivity index is 4.47. The third-order valence-electron chi connectivity index (χ3n) is 0.697. The highest BCUT2D eigenvalue weighted by molar-refractivity contribution is 8.03. The largest absolute Gasteiger partial charge is 0.285 e. The van der Waals surface area contributed by atoms with Crippen LogP contribution >= 0.6 is 12.6 Å². The molecule has 0 aliphatic rings. The van der Waals surface area contributed by atoms with Gasteiger partial charge in [-0.15, -0.1) is 0 Å². The molecular weight excluding hydrogens is 216 g/mol. The maximum Gasteiger partial charge on any atom is 0.278 e. The summed E-state index contributed by atoms with van der Waals surface area (Å²) < 4.78 is 54.7. The zero-order valence-corrected chi connectivity index (χ0v) is 7.60. The Morgan fingerprint density at radius 1 is 1.18 bits per heavy atom. The molecule has 9 heteroatoms. The predicted molar refractivity (Wildman–Crippen MR) is 40.7 cm³/mol. The second-order valence-corrected chi connectivity index (χ2v) is 5.79. The van der Waals surface area contributed by atoms with Crippen LogP contribution < -0.4 is 0 Å². The van der Waals surface area contributed by atoms with Crippen molar-refractivity contribution in [2.24, 2.45) is 0 Å². The first kappa shape index (κ1) is 11.2. The SMILES string of the molecule is O=S(=O)(O)CC(S)S(=O)(=O)O. The van der Waals surface area contributed by atoms with Crippen LogP contribution in [0, 0.1) is 0 Å². The van der Waals surface area contributed by atoms with Crippen LogP contribution in [0.3, 0.4) is 0 Å². The van der Waals surface area contributed by atoms with Gasteiger partial charge in [-0.05, 0) is 0 Å². The quantitative estimate of drug-likeness (QED) is 0.418. The molecule has 0 aromatic carbocycles. The van der Waals surface area contributed by atoms with Gasteiger partial charge >= 0.3 is 0 Å². The van der Waals surface area contributed by atoms with E-state index >= 15 is 0 Å². The fourth-order valence-corrected chi connectivity index (χ4v) is 2.40. The van der Waals surface area contributed by atoms with E-state index in [9.17, 15) is 16.8 Å². The van der Waals surface area contributed by atoms with Crippen molar-refractivity contribution in [1.82, 2.24) is 0 Å². The lowest BCUT2D eigenvalue weighted by molar-refractivity contribution is 0.469. The minimum absolute atomic E-state index is 1.13. The van der Waals surface area contributed by atoms with Gasteiger partial charge in [-0.25, -0.2) is 0 Å². The summed E-state index contributed by atoms with van der Waals surface area (Å²) in [5, 5.41) is 0. The van der Waals surface area contributed by atoms with Crippen LogP contribution in [0.2, 0.25) is 0 Å². The number of hydrogen-bond donors (Lipinski definition) is 3. The molecule has 0 amide bonds. The third kappa shape index (κ3) is 5.44. The van der Waals surface area contributed by atoms with E-state index in [0.29, 0.717) is 0 Å². The lowest BCUT2D eigenvalue weighted by Crippen LogP contribution is -2.23. The summed E-state index contributed by atoms with van der Waals surface area (Å²) in [7, 11) is -8.93. The lowest BCUT2D eigenvalue weighted by atomic mass is 10.9. The fraction of sp³-hybridized carbons (Fsp3) is 1.00. The van der Waals surface area contributed by atoms with Crippen LogP contribution in [0.25, 0.3) is 0 Å². The Morgan fingerprint density at radius 3 is 1.64 bits per heavy atom. The zero-order valence-electron chi connectivity index (χ0n) is 5.08. The van der Waals surface area contributed by atoms with Crippen molar-refractivity contribution >= 4 is 32.9 Å². The van der Waals surface area contributed by atoms with Gasteiger partial charge in [0.05, 0.1) is 0 Å². The van der Waals surface area contributed by atoms with Gasteiger partial charge in [0.25, 0.3) is 20.2 Å². The van der Waals surface area contributed by atoms with Crippen LogP contribution in [0.5, 0.6) is 0 Å². The summed E-state index contributed by atoms with van der Waals surface area (Å²) in [4.78, 5) is 0. The summed E-state index contributed by atoms with van der Waals surface area (Å²) in [6, 6.07) is 0. The Bertz CT molecular complexity index is 310. The molecule has 0 aromatic rings. The Kier molecular flexibility index (Phi) is 3.32. The summed E-state index contributed by atoms with van der Waals surface area (Å²) in [6.07, 6.45) is 0. The molecule has 2 N–H and O–H groups in total. The van der Waals surface area contributed by atoms with Gasteiger partial charge in [0.2, 0.25) is 0 Å². The van der Waals surface area contributed by atoms with Crippen molar-refractivity contribution in [2.75, 3.05) is 5.75 Å². The molecule has 0 saturated carbocycles. The normalized spacial score (nSPS) is 16.3. The summed E-state index contributed by atoms with van der Waals surface area (Å²) in [6.45, 7) is 0. The van der Waals surface area contributed by atoms with Crippen LogP contribution in [0.1, 0.15) is 0 Å². The van der Waals surface area contributed by atoms with Crippen LogP contribution in [-0.2, 0) is 20.2 Å². The van der Waals surface area contributed by atoms with Crippen molar-refractivity contribution in [3.05, 3.63) is 0 Å². The third-order valence-corrected chi connectivity index (χ3v) is 3.75. The molecule has 6 nitrogen and oxygen atoms in total. The molecule has 0 spiro atoms. The smallest absolute Gasteiger partial charge is 0.278 e. The van der Waals surface area contributed by atoms with Crippen molar-refractivity contribution < 1.29 is 25.9 Å². The van der Waals surface area contributed by atoms with Gasteiger partial charge < -0.3 is 0 Å². The molecule has 0 fully saturated rings. The van der Waals surface area contributed by atoms with Crippen molar-refractivity contribution in [3.8, 4) is 0 Å². The standard InChI is InChI=1S/C2H6O6S3/c3-10(4,5)1-2(9)11(6,7)8/h2,9H,1H2,(H,3,4,5)(H,6,7,8). The maximum absolute atomic E-state index is 10.1. The van der Waals surface area contributed by atoms with E-state index in [1.165, 1.54) is 0 Å². The minimum Gasteiger partial charge on any atom is -0.285 e. The van der Waals surface area contributed by atoms with E-state index in [1.807, 2.05) is 0 Å². The van der Waals surface area contributed by atoms with Crippen molar-refractivity contribution in [3.63, 3.8) is 0 Å². The zero-order chi connectivity index (χ0) is 9.28. The number of rotatable bonds is 3. The summed E-state index contributed by atoms with van der Waals surface area (Å²) >= 11 is 3.23. The Labute approximate surface area is 69.5 Å². The Morgan fingerprint density at radius 2 is 1.55 bits per heavy atom. The van der Waals surface area contributed by atoms with Gasteiger partial charge in [-0.3, -0.25) is 9.11 Å². The molecule has 1 atom stereocenters. The summed E-state index contributed by atoms with van der Waals surface area (Å²) in [5.41, 5.74) is 0. The molecule has 68 valence electrons. The van der Waals surface area contributed by atoms with Crippen molar-refractivity contribution in [2.45, 2.75) is 4.58 Å². The monoisotopic (exact) mass is 222 g/mol. The highest BCUT2D eigenvalue weighted by Gasteiger charge is 2.24. The Hall–Kier alpha value is 0.170. The molecular formula is C2H6O6S3. The second-order valence-electron chi connectivity index (χ2n) is 1.72. The maximum atomic E-state index is 10.1. The fourth-order valence-electron chi connectivity index (χ4n) is 0.266. The molecule has 0 aliphatic heterocycles. The topological polar surface area (TPSA) is 109 Å². The first-order chi connectivity index (χ1) is 4.63. The predicted octanol–water partition coefficient (Wildman–Crippen LogP) is -0.982. The first-order valence-corrected chi connectivity index (χ1v) is 5.85. The van der Waals surface area contributed by atoms with Gasteiger partial charge in [0.15, 0.2) is 0 Å². The van der Waals surface area contributed by atoms with E-state index in [2.05, 4.69) is 12.6 Å². The van der Waals surface area contributed by atoms with Crippen LogP contribution in [0.15, 0.2) is 0 Å². The van der Waals surface area contributed by atoms with Gasteiger partial charge in [-0.1, -0.05) is 0 Å². The average Bonchev–Trinajstić information content (AvgIpc) is 1.56. The molecule has 11 heavy (non-hydrogen) atoms. The number of thiol groups is 1. The van der Waals surface area contributed by atoms with Gasteiger partial charge in [0, 0.05) is 0 Å². The average molecular weight is 222 g/mol. The second kappa shape index (κ2) is 3.27. The van der Waals surface area contributed by atoms with Crippen LogP contribution in [-0.4, -0.2) is 36.3 Å². The molecule has 0 aliphatic carbocycles. The molecule has 0 aromatic heterocycles. The van der Waals surface area contributed by atoms with Gasteiger partial charge in [-0.2, -0.15) is 29.5 Å². The van der Waals surface area contributed by atoms with E-state index in [1.54, 1.807) is 0 Å². The van der Waals surface area contributed by atoms with Gasteiger partial charge in [0.1, 0.15) is 10.3 Å². The summed E-state index contributed by atoms with van der Waals surface area (Å²) in [5.74, 6) is -1.13. The minimum atomic E-state index is -4.51. The molecule has 1 unspecified atom stereocenters. The van der Waals surface area contributed by atoms with E-state index < -0.39 is 30.6 Å². The molecule has 0 saturated heterocycles. The highest BCUT2D eigenvalue weighted by atomic mass is 32.3.